The topological polar surface area (TPSA) is 3.24 Å². The molecule has 0 aromatic rings. The maximum atomic E-state index is 12.8. The second-order valence-electron chi connectivity index (χ2n) is 3.27. The van der Waals surface area contributed by atoms with Crippen LogP contribution in [0.4, 0.5) is 4.48 Å². The maximum Gasteiger partial charge on any atom is 0.0350 e. The summed E-state index contributed by atoms with van der Waals surface area (Å²) in [5.41, 5.74) is 0. The molecule has 0 amide bonds. The first kappa shape index (κ1) is 13.1. The van der Waals surface area contributed by atoms with Gasteiger partial charge in [-0.15, -0.1) is 9.60 Å². The lowest BCUT2D eigenvalue weighted by atomic mass is 10.1. The van der Waals surface area contributed by atoms with E-state index in [0.717, 1.165) is 11.5 Å². The third-order valence-electron chi connectivity index (χ3n) is 1.84. The van der Waals surface area contributed by atoms with E-state index in [1.54, 1.807) is 6.08 Å². The summed E-state index contributed by atoms with van der Waals surface area (Å²) in [5.74, 6) is 0.261. The van der Waals surface area contributed by atoms with E-state index in [9.17, 15) is 4.48 Å². The highest BCUT2D eigenvalue weighted by Gasteiger charge is 2.03. The first-order valence-electron chi connectivity index (χ1n) is 5.05. The van der Waals surface area contributed by atoms with Crippen LogP contribution in [-0.4, -0.2) is 18.2 Å². The standard InChI is InChI=1S/C12H20FN/c1-4-6-7-8-9-10-12(3)11-14(13)5-2/h4,6-7,9-10,12H,1,5,8,11H2,2-3H3/b7-6-,10-9-. The minimum Gasteiger partial charge on any atom is -0.146 e. The molecule has 0 fully saturated rings. The van der Waals surface area contributed by atoms with Gasteiger partial charge in [0.2, 0.25) is 0 Å². The van der Waals surface area contributed by atoms with E-state index < -0.39 is 0 Å². The van der Waals surface area contributed by atoms with E-state index in [2.05, 4.69) is 6.58 Å². The Hall–Kier alpha value is -0.890. The predicted molar refractivity (Wildman–Crippen MR) is 60.6 cm³/mol. The van der Waals surface area contributed by atoms with Gasteiger partial charge in [0.1, 0.15) is 0 Å². The summed E-state index contributed by atoms with van der Waals surface area (Å²) in [6, 6.07) is 0. The first-order chi connectivity index (χ1) is 6.70. The van der Waals surface area contributed by atoms with Crippen LogP contribution >= 0.6 is 0 Å². The molecule has 0 bridgehead atoms. The van der Waals surface area contributed by atoms with Gasteiger partial charge in [0.05, 0.1) is 0 Å². The second-order valence-corrected chi connectivity index (χ2v) is 3.27. The van der Waals surface area contributed by atoms with E-state index in [4.69, 9.17) is 0 Å². The fraction of sp³-hybridized carbons (Fsp3) is 0.500. The minimum absolute atomic E-state index is 0.261. The van der Waals surface area contributed by atoms with E-state index in [1.165, 1.54) is 0 Å². The van der Waals surface area contributed by atoms with E-state index >= 15 is 0 Å². The number of nitrogens with zero attached hydrogens (tertiary/aromatic N) is 1. The summed E-state index contributed by atoms with van der Waals surface area (Å²) in [5, 5.41) is 0.828. The molecular weight excluding hydrogens is 177 g/mol. The van der Waals surface area contributed by atoms with Gasteiger partial charge in [0.15, 0.2) is 0 Å². The molecule has 1 unspecified atom stereocenters. The van der Waals surface area contributed by atoms with E-state index in [-0.39, 0.29) is 5.92 Å². The number of rotatable bonds is 7. The highest BCUT2D eigenvalue weighted by molar-refractivity contribution is 5.01. The quantitative estimate of drug-likeness (QED) is 0.343. The molecule has 0 rings (SSSR count). The molecule has 0 saturated carbocycles. The van der Waals surface area contributed by atoms with Crippen molar-refractivity contribution >= 4 is 0 Å². The van der Waals surface area contributed by atoms with Crippen LogP contribution < -0.4 is 0 Å². The lowest BCUT2D eigenvalue weighted by molar-refractivity contribution is 0.0231. The normalized spacial score (nSPS) is 14.3. The van der Waals surface area contributed by atoms with Gasteiger partial charge >= 0.3 is 0 Å². The third-order valence-corrected chi connectivity index (χ3v) is 1.84. The van der Waals surface area contributed by atoms with Crippen LogP contribution in [0.3, 0.4) is 0 Å². The number of hydrogen-bond acceptors (Lipinski definition) is 1. The number of hydrogen-bond donors (Lipinski definition) is 0. The molecule has 2 heteroatoms. The lowest BCUT2D eigenvalue weighted by Crippen LogP contribution is -2.18. The van der Waals surface area contributed by atoms with Crippen LogP contribution in [0, 0.1) is 5.92 Å². The van der Waals surface area contributed by atoms with Crippen LogP contribution in [0.15, 0.2) is 37.0 Å². The Morgan fingerprint density at radius 1 is 1.43 bits per heavy atom. The molecule has 0 radical (unpaired) electrons. The third kappa shape index (κ3) is 7.74. The SMILES string of the molecule is C=C/C=C\C/C=C\C(C)CN(F)CC. The van der Waals surface area contributed by atoms with Crippen molar-refractivity contribution < 1.29 is 4.48 Å². The van der Waals surface area contributed by atoms with Crippen LogP contribution in [0.5, 0.6) is 0 Å². The monoisotopic (exact) mass is 197 g/mol. The summed E-state index contributed by atoms with van der Waals surface area (Å²) in [4.78, 5) is 0. The van der Waals surface area contributed by atoms with Gasteiger partial charge < -0.3 is 0 Å². The molecule has 0 aliphatic carbocycles. The predicted octanol–water partition coefficient (Wildman–Crippen LogP) is 3.52. The lowest BCUT2D eigenvalue weighted by Gasteiger charge is -2.11. The fourth-order valence-electron chi connectivity index (χ4n) is 1.07. The van der Waals surface area contributed by atoms with Gasteiger partial charge in [0, 0.05) is 13.1 Å². The van der Waals surface area contributed by atoms with Crippen molar-refractivity contribution in [3.63, 3.8) is 0 Å². The van der Waals surface area contributed by atoms with Gasteiger partial charge in [-0.05, 0) is 19.3 Å². The van der Waals surface area contributed by atoms with E-state index in [1.807, 2.05) is 38.2 Å². The largest absolute Gasteiger partial charge is 0.146 e. The van der Waals surface area contributed by atoms with Gasteiger partial charge in [-0.3, -0.25) is 0 Å². The van der Waals surface area contributed by atoms with Crippen molar-refractivity contribution in [3.8, 4) is 0 Å². The molecule has 0 spiro atoms. The summed E-state index contributed by atoms with van der Waals surface area (Å²) < 4.78 is 12.8. The Morgan fingerprint density at radius 2 is 2.14 bits per heavy atom. The Morgan fingerprint density at radius 3 is 2.71 bits per heavy atom. The van der Waals surface area contributed by atoms with Crippen LogP contribution in [0.25, 0.3) is 0 Å². The molecule has 0 N–H and O–H groups in total. The van der Waals surface area contributed by atoms with Gasteiger partial charge in [0.25, 0.3) is 0 Å². The van der Waals surface area contributed by atoms with E-state index in [0.29, 0.717) is 13.1 Å². The molecular formula is C12H20FN. The van der Waals surface area contributed by atoms with Gasteiger partial charge in [-0.1, -0.05) is 43.9 Å². The Bertz CT molecular complexity index is 196. The smallest absolute Gasteiger partial charge is 0.0350 e. The van der Waals surface area contributed by atoms with Crippen molar-refractivity contribution in [1.29, 1.82) is 0 Å². The van der Waals surface area contributed by atoms with Crippen molar-refractivity contribution in [3.05, 3.63) is 37.0 Å². The van der Waals surface area contributed by atoms with Crippen molar-refractivity contribution in [2.45, 2.75) is 20.3 Å². The van der Waals surface area contributed by atoms with Crippen LogP contribution in [0.2, 0.25) is 0 Å². The van der Waals surface area contributed by atoms with Crippen LogP contribution in [0.1, 0.15) is 20.3 Å². The molecule has 0 heterocycles. The second kappa shape index (κ2) is 8.70. The fourth-order valence-corrected chi connectivity index (χ4v) is 1.07. The number of halogens is 1. The van der Waals surface area contributed by atoms with Gasteiger partial charge in [-0.25, -0.2) is 0 Å². The highest BCUT2D eigenvalue weighted by Crippen LogP contribution is 2.02. The minimum atomic E-state index is 0.261. The molecule has 80 valence electrons. The first-order valence-corrected chi connectivity index (χ1v) is 5.05. The molecule has 0 saturated heterocycles. The highest BCUT2D eigenvalue weighted by atomic mass is 19.2. The Kier molecular flexibility index (Phi) is 8.14. The molecule has 14 heavy (non-hydrogen) atoms. The molecule has 1 atom stereocenters. The summed E-state index contributed by atoms with van der Waals surface area (Å²) >= 11 is 0. The molecule has 0 aromatic heterocycles. The van der Waals surface area contributed by atoms with Gasteiger partial charge in [-0.2, -0.15) is 0 Å². The number of allylic oxidation sites excluding steroid dienone is 4. The zero-order valence-electron chi connectivity index (χ0n) is 9.12. The zero-order chi connectivity index (χ0) is 10.8. The summed E-state index contributed by atoms with van der Waals surface area (Å²) in [7, 11) is 0. The molecule has 0 aromatic carbocycles. The molecule has 0 aliphatic rings. The summed E-state index contributed by atoms with van der Waals surface area (Å²) in [6.45, 7) is 8.32. The van der Waals surface area contributed by atoms with Crippen molar-refractivity contribution in [2.75, 3.05) is 13.1 Å². The Labute approximate surface area is 86.5 Å². The maximum absolute atomic E-state index is 12.8. The molecule has 0 aliphatic heterocycles. The van der Waals surface area contributed by atoms with Crippen LogP contribution in [-0.2, 0) is 0 Å². The zero-order valence-corrected chi connectivity index (χ0v) is 9.12. The average Bonchev–Trinajstić information content (AvgIpc) is 2.17. The molecule has 1 nitrogen and oxygen atoms in total. The Balaban J connectivity index is 3.64. The van der Waals surface area contributed by atoms with Crippen molar-refractivity contribution in [1.82, 2.24) is 5.12 Å². The van der Waals surface area contributed by atoms with Crippen molar-refractivity contribution in [2.24, 2.45) is 5.92 Å². The summed E-state index contributed by atoms with van der Waals surface area (Å²) in [6.07, 6.45) is 10.6. The average molecular weight is 197 g/mol.